The van der Waals surface area contributed by atoms with Gasteiger partial charge in [0.15, 0.2) is 0 Å². The Bertz CT molecular complexity index is 701. The second-order valence-electron chi connectivity index (χ2n) is 6.68. The summed E-state index contributed by atoms with van der Waals surface area (Å²) in [4.78, 5) is 15.2. The second kappa shape index (κ2) is 5.40. The van der Waals surface area contributed by atoms with Crippen molar-refractivity contribution in [3.05, 3.63) is 48.0 Å². The summed E-state index contributed by atoms with van der Waals surface area (Å²) in [5.74, 6) is 0.709. The zero-order valence-electron chi connectivity index (χ0n) is 13.0. The largest absolute Gasteiger partial charge is 0.347 e. The molecular formula is C19H22N2O. The number of hydrogen-bond donors (Lipinski definition) is 1. The molecule has 5 rings (SSSR count). The highest BCUT2D eigenvalue weighted by atomic mass is 16.1. The highest BCUT2D eigenvalue weighted by Gasteiger charge is 2.40. The van der Waals surface area contributed by atoms with Gasteiger partial charge in [0, 0.05) is 17.6 Å². The molecule has 2 atom stereocenters. The molecule has 114 valence electrons. The summed E-state index contributed by atoms with van der Waals surface area (Å²) < 4.78 is 0. The van der Waals surface area contributed by atoms with E-state index < -0.39 is 0 Å². The molecule has 3 nitrogen and oxygen atoms in total. The van der Waals surface area contributed by atoms with Gasteiger partial charge in [-0.25, -0.2) is 0 Å². The fraction of sp³-hybridized carbons (Fsp3) is 0.421. The average molecular weight is 294 g/mol. The quantitative estimate of drug-likeness (QED) is 0.923. The van der Waals surface area contributed by atoms with Gasteiger partial charge in [0.25, 0.3) is 5.91 Å². The van der Waals surface area contributed by atoms with Crippen LogP contribution in [0.25, 0.3) is 10.8 Å². The Kier molecular flexibility index (Phi) is 3.38. The van der Waals surface area contributed by atoms with E-state index in [1.807, 2.05) is 30.3 Å². The Hall–Kier alpha value is -1.87. The SMILES string of the molecule is CC1C(NC(=O)c2ccc3ccccc3c2)C2CCN1CC2. The number of carbonyl (C=O) groups excluding carboxylic acids is 1. The first-order valence-corrected chi connectivity index (χ1v) is 8.26. The van der Waals surface area contributed by atoms with E-state index in [2.05, 4.69) is 29.3 Å². The summed E-state index contributed by atoms with van der Waals surface area (Å²) in [6.07, 6.45) is 2.43. The highest BCUT2D eigenvalue weighted by molar-refractivity contribution is 5.98. The smallest absolute Gasteiger partial charge is 0.251 e. The lowest BCUT2D eigenvalue weighted by molar-refractivity contribution is 0.0217. The van der Waals surface area contributed by atoms with E-state index >= 15 is 0 Å². The lowest BCUT2D eigenvalue weighted by atomic mass is 9.79. The van der Waals surface area contributed by atoms with Crippen LogP contribution in [0.3, 0.4) is 0 Å². The predicted molar refractivity (Wildman–Crippen MR) is 89.0 cm³/mol. The summed E-state index contributed by atoms with van der Waals surface area (Å²) >= 11 is 0. The molecule has 0 spiro atoms. The third-order valence-corrected chi connectivity index (χ3v) is 5.49. The standard InChI is InChI=1S/C19H22N2O/c1-13-18(15-8-10-21(13)11-9-15)20-19(22)17-7-6-14-4-2-3-5-16(14)12-17/h2-7,12-13,15,18H,8-11H2,1H3,(H,20,22). The second-order valence-corrected chi connectivity index (χ2v) is 6.68. The van der Waals surface area contributed by atoms with Crippen LogP contribution in [0.4, 0.5) is 0 Å². The van der Waals surface area contributed by atoms with Gasteiger partial charge in [-0.05, 0) is 61.7 Å². The van der Waals surface area contributed by atoms with Crippen molar-refractivity contribution in [3.8, 4) is 0 Å². The van der Waals surface area contributed by atoms with Gasteiger partial charge in [-0.1, -0.05) is 30.3 Å². The molecule has 2 aromatic carbocycles. The Morgan fingerprint density at radius 2 is 1.82 bits per heavy atom. The maximum atomic E-state index is 12.6. The zero-order valence-corrected chi connectivity index (χ0v) is 13.0. The van der Waals surface area contributed by atoms with Crippen LogP contribution in [-0.2, 0) is 0 Å². The molecule has 3 saturated heterocycles. The van der Waals surface area contributed by atoms with Crippen LogP contribution < -0.4 is 5.32 Å². The molecule has 2 unspecified atom stereocenters. The van der Waals surface area contributed by atoms with Gasteiger partial charge in [0.05, 0.1) is 0 Å². The molecule has 3 heterocycles. The molecule has 0 aliphatic carbocycles. The number of amides is 1. The highest BCUT2D eigenvalue weighted by Crippen LogP contribution is 2.32. The molecule has 3 fully saturated rings. The zero-order chi connectivity index (χ0) is 15.1. The van der Waals surface area contributed by atoms with Crippen LogP contribution in [0, 0.1) is 5.92 Å². The lowest BCUT2D eigenvalue weighted by Gasteiger charge is -2.49. The third-order valence-electron chi connectivity index (χ3n) is 5.49. The summed E-state index contributed by atoms with van der Waals surface area (Å²) in [7, 11) is 0. The van der Waals surface area contributed by atoms with E-state index in [9.17, 15) is 4.79 Å². The van der Waals surface area contributed by atoms with E-state index in [0.29, 0.717) is 18.0 Å². The fourth-order valence-corrected chi connectivity index (χ4v) is 4.11. The monoisotopic (exact) mass is 294 g/mol. The number of benzene rings is 2. The van der Waals surface area contributed by atoms with Gasteiger partial charge in [-0.15, -0.1) is 0 Å². The number of piperidine rings is 3. The molecule has 0 saturated carbocycles. The summed E-state index contributed by atoms with van der Waals surface area (Å²) in [6, 6.07) is 14.9. The van der Waals surface area contributed by atoms with Crippen LogP contribution >= 0.6 is 0 Å². The minimum absolute atomic E-state index is 0.0661. The first kappa shape index (κ1) is 13.8. The third kappa shape index (κ3) is 2.30. The summed E-state index contributed by atoms with van der Waals surface area (Å²) in [6.45, 7) is 4.62. The van der Waals surface area contributed by atoms with Crippen LogP contribution in [0.1, 0.15) is 30.1 Å². The molecule has 0 aromatic heterocycles. The molecule has 3 aliphatic heterocycles. The van der Waals surface area contributed by atoms with Crippen molar-refractivity contribution in [2.45, 2.75) is 31.8 Å². The van der Waals surface area contributed by atoms with Crippen molar-refractivity contribution >= 4 is 16.7 Å². The molecule has 22 heavy (non-hydrogen) atoms. The Labute approximate surface area is 131 Å². The summed E-state index contributed by atoms with van der Waals surface area (Å²) in [5.41, 5.74) is 0.766. The number of fused-ring (bicyclic) bond motifs is 4. The van der Waals surface area contributed by atoms with Crippen molar-refractivity contribution in [1.82, 2.24) is 10.2 Å². The van der Waals surface area contributed by atoms with Crippen LogP contribution in [0.2, 0.25) is 0 Å². The van der Waals surface area contributed by atoms with E-state index in [4.69, 9.17) is 0 Å². The van der Waals surface area contributed by atoms with E-state index in [1.54, 1.807) is 0 Å². The Balaban J connectivity index is 1.56. The van der Waals surface area contributed by atoms with Crippen molar-refractivity contribution < 1.29 is 4.79 Å². The minimum Gasteiger partial charge on any atom is -0.347 e. The van der Waals surface area contributed by atoms with E-state index in [-0.39, 0.29) is 5.91 Å². The van der Waals surface area contributed by atoms with Gasteiger partial charge < -0.3 is 5.32 Å². The molecule has 2 aromatic rings. The molecular weight excluding hydrogens is 272 g/mol. The average Bonchev–Trinajstić information content (AvgIpc) is 2.58. The maximum Gasteiger partial charge on any atom is 0.251 e. The first-order chi connectivity index (χ1) is 10.7. The van der Waals surface area contributed by atoms with Crippen LogP contribution in [0.5, 0.6) is 0 Å². The number of nitrogens with one attached hydrogen (secondary N) is 1. The molecule has 2 bridgehead atoms. The van der Waals surface area contributed by atoms with Gasteiger partial charge in [-0.2, -0.15) is 0 Å². The predicted octanol–water partition coefficient (Wildman–Crippen LogP) is 3.05. The molecule has 3 aliphatic rings. The number of nitrogens with zero attached hydrogens (tertiary/aromatic N) is 1. The summed E-state index contributed by atoms with van der Waals surface area (Å²) in [5, 5.41) is 5.60. The van der Waals surface area contributed by atoms with Crippen molar-refractivity contribution in [2.24, 2.45) is 5.92 Å². The number of hydrogen-bond acceptors (Lipinski definition) is 2. The molecule has 3 heteroatoms. The normalized spacial score (nSPS) is 30.4. The Morgan fingerprint density at radius 1 is 1.09 bits per heavy atom. The van der Waals surface area contributed by atoms with E-state index in [0.717, 1.165) is 10.9 Å². The maximum absolute atomic E-state index is 12.6. The van der Waals surface area contributed by atoms with Crippen molar-refractivity contribution in [3.63, 3.8) is 0 Å². The first-order valence-electron chi connectivity index (χ1n) is 8.26. The van der Waals surface area contributed by atoms with Gasteiger partial charge in [-0.3, -0.25) is 9.69 Å². The van der Waals surface area contributed by atoms with Gasteiger partial charge in [0.1, 0.15) is 0 Å². The molecule has 1 amide bonds. The Morgan fingerprint density at radius 3 is 2.55 bits per heavy atom. The van der Waals surface area contributed by atoms with Crippen molar-refractivity contribution in [1.29, 1.82) is 0 Å². The lowest BCUT2D eigenvalue weighted by Crippen LogP contribution is -2.62. The van der Waals surface area contributed by atoms with Crippen LogP contribution in [-0.4, -0.2) is 36.0 Å². The van der Waals surface area contributed by atoms with Gasteiger partial charge in [0.2, 0.25) is 0 Å². The molecule has 0 radical (unpaired) electrons. The number of rotatable bonds is 2. The topological polar surface area (TPSA) is 32.3 Å². The van der Waals surface area contributed by atoms with E-state index in [1.165, 1.54) is 31.3 Å². The number of carbonyl (C=O) groups is 1. The van der Waals surface area contributed by atoms with Crippen molar-refractivity contribution in [2.75, 3.05) is 13.1 Å². The van der Waals surface area contributed by atoms with Gasteiger partial charge >= 0.3 is 0 Å². The molecule has 1 N–H and O–H groups in total. The minimum atomic E-state index is 0.0661. The van der Waals surface area contributed by atoms with Crippen LogP contribution in [0.15, 0.2) is 42.5 Å². The fourth-order valence-electron chi connectivity index (χ4n) is 4.11.